The fourth-order valence-corrected chi connectivity index (χ4v) is 4.06. The van der Waals surface area contributed by atoms with E-state index in [2.05, 4.69) is 5.32 Å². The fourth-order valence-electron chi connectivity index (χ4n) is 4.06. The largest absolute Gasteiger partial charge is 0.455 e. The molecule has 2 amide bonds. The Balaban J connectivity index is 1.58. The number of carbonyl (C=O) groups excluding carboxylic acids is 3. The predicted octanol–water partition coefficient (Wildman–Crippen LogP) is 4.36. The Morgan fingerprint density at radius 2 is 1.73 bits per heavy atom. The number of benzene rings is 2. The number of esters is 1. The molecular weight excluding hydrogens is 418 g/mol. The fraction of sp³-hybridized carbons (Fsp3) is 0.423. The number of rotatable bonds is 8. The summed E-state index contributed by atoms with van der Waals surface area (Å²) in [5.41, 5.74) is 2.63. The van der Waals surface area contributed by atoms with Crippen LogP contribution in [0.3, 0.4) is 0 Å². The number of likely N-dealkylation sites (tertiary alicyclic amines) is 1. The molecule has 1 N–H and O–H groups in total. The van der Waals surface area contributed by atoms with E-state index < -0.39 is 5.97 Å². The number of para-hydroxylation sites is 1. The van der Waals surface area contributed by atoms with Crippen molar-refractivity contribution in [2.75, 3.05) is 29.9 Å². The summed E-state index contributed by atoms with van der Waals surface area (Å²) < 4.78 is 5.38. The van der Waals surface area contributed by atoms with Crippen molar-refractivity contribution in [2.24, 2.45) is 5.92 Å². The first-order chi connectivity index (χ1) is 15.9. The summed E-state index contributed by atoms with van der Waals surface area (Å²) >= 11 is 0. The Bertz CT molecular complexity index is 944. The highest BCUT2D eigenvalue weighted by molar-refractivity contribution is 5.96. The maximum absolute atomic E-state index is 12.9. The maximum atomic E-state index is 12.9. The van der Waals surface area contributed by atoms with Gasteiger partial charge in [-0.05, 0) is 63.1 Å². The van der Waals surface area contributed by atoms with Gasteiger partial charge in [-0.15, -0.1) is 0 Å². The van der Waals surface area contributed by atoms with Crippen LogP contribution >= 0.6 is 0 Å². The van der Waals surface area contributed by atoms with Crippen molar-refractivity contribution in [3.63, 3.8) is 0 Å². The van der Waals surface area contributed by atoms with Crippen molar-refractivity contribution in [1.82, 2.24) is 4.90 Å². The summed E-state index contributed by atoms with van der Waals surface area (Å²) in [6.45, 7) is 6.37. The number of hydrogen-bond donors (Lipinski definition) is 1. The van der Waals surface area contributed by atoms with E-state index in [1.54, 1.807) is 9.80 Å². The van der Waals surface area contributed by atoms with Gasteiger partial charge in [-0.3, -0.25) is 14.4 Å². The van der Waals surface area contributed by atoms with E-state index in [9.17, 15) is 14.4 Å². The van der Waals surface area contributed by atoms with Crippen molar-refractivity contribution in [3.8, 4) is 0 Å². The summed E-state index contributed by atoms with van der Waals surface area (Å²) in [6, 6.07) is 17.3. The predicted molar refractivity (Wildman–Crippen MR) is 129 cm³/mol. The first kappa shape index (κ1) is 24.3. The average Bonchev–Trinajstić information content (AvgIpc) is 2.83. The minimum absolute atomic E-state index is 0.0414. The van der Waals surface area contributed by atoms with Gasteiger partial charge >= 0.3 is 5.97 Å². The highest BCUT2D eigenvalue weighted by Crippen LogP contribution is 2.23. The zero-order chi connectivity index (χ0) is 23.8. The van der Waals surface area contributed by atoms with E-state index >= 15 is 0 Å². The van der Waals surface area contributed by atoms with Crippen LogP contribution in [0.4, 0.5) is 17.1 Å². The van der Waals surface area contributed by atoms with Crippen molar-refractivity contribution < 1.29 is 19.1 Å². The molecule has 1 heterocycles. The Hall–Kier alpha value is -3.35. The van der Waals surface area contributed by atoms with Crippen LogP contribution in [0.5, 0.6) is 0 Å². The van der Waals surface area contributed by atoms with Gasteiger partial charge in [-0.1, -0.05) is 25.1 Å². The van der Waals surface area contributed by atoms with Gasteiger partial charge in [0.15, 0.2) is 6.61 Å². The van der Waals surface area contributed by atoms with Crippen LogP contribution in [-0.2, 0) is 19.1 Å². The first-order valence-corrected chi connectivity index (χ1v) is 11.6. The Kier molecular flexibility index (Phi) is 8.46. The summed E-state index contributed by atoms with van der Waals surface area (Å²) in [5.74, 6) is -1.03. The molecule has 1 fully saturated rings. The van der Waals surface area contributed by atoms with Crippen LogP contribution in [0.25, 0.3) is 0 Å². The molecule has 2 aromatic carbocycles. The number of amides is 2. The minimum Gasteiger partial charge on any atom is -0.455 e. The van der Waals surface area contributed by atoms with Gasteiger partial charge in [0, 0.05) is 42.6 Å². The van der Waals surface area contributed by atoms with Crippen LogP contribution in [0.1, 0.15) is 40.0 Å². The quantitative estimate of drug-likeness (QED) is 0.603. The van der Waals surface area contributed by atoms with E-state index in [0.29, 0.717) is 25.9 Å². The van der Waals surface area contributed by atoms with E-state index in [0.717, 1.165) is 23.5 Å². The lowest BCUT2D eigenvalue weighted by molar-refractivity contribution is -0.154. The third-order valence-corrected chi connectivity index (χ3v) is 5.74. The second kappa shape index (κ2) is 11.5. The molecule has 7 heteroatoms. The molecule has 1 saturated heterocycles. The Morgan fingerprint density at radius 1 is 1.06 bits per heavy atom. The lowest BCUT2D eigenvalue weighted by atomic mass is 9.98. The summed E-state index contributed by atoms with van der Waals surface area (Å²) in [4.78, 5) is 40.8. The van der Waals surface area contributed by atoms with Gasteiger partial charge in [0.2, 0.25) is 5.91 Å². The molecule has 33 heavy (non-hydrogen) atoms. The monoisotopic (exact) mass is 451 g/mol. The average molecular weight is 452 g/mol. The minimum atomic E-state index is -0.414. The molecule has 0 saturated carbocycles. The van der Waals surface area contributed by atoms with Crippen molar-refractivity contribution in [3.05, 3.63) is 54.6 Å². The van der Waals surface area contributed by atoms with E-state index in [-0.39, 0.29) is 30.4 Å². The van der Waals surface area contributed by atoms with E-state index in [1.807, 2.05) is 75.4 Å². The molecule has 1 aliphatic heterocycles. The van der Waals surface area contributed by atoms with Crippen LogP contribution in [0.2, 0.25) is 0 Å². The number of ether oxygens (including phenoxy) is 1. The molecule has 0 bridgehead atoms. The standard InChI is InChI=1S/C26H33N3O4/c1-4-24(30)28-16-8-9-20(17-28)26(32)33-18-25(31)29(19(2)3)23-14-12-22(13-15-23)27-21-10-6-5-7-11-21/h5-7,10-15,19-20,27H,4,8-9,16-18H2,1-3H3. The molecular formula is C26H33N3O4. The van der Waals surface area contributed by atoms with Gasteiger partial charge in [-0.2, -0.15) is 0 Å². The molecule has 3 rings (SSSR count). The SMILES string of the molecule is CCC(=O)N1CCCC(C(=O)OCC(=O)N(c2ccc(Nc3ccccc3)cc2)C(C)C)C1. The van der Waals surface area contributed by atoms with Gasteiger partial charge in [0.1, 0.15) is 0 Å². The maximum Gasteiger partial charge on any atom is 0.311 e. The van der Waals surface area contributed by atoms with Crippen LogP contribution in [0, 0.1) is 5.92 Å². The Labute approximate surface area is 195 Å². The zero-order valence-corrected chi connectivity index (χ0v) is 19.6. The molecule has 2 aromatic rings. The highest BCUT2D eigenvalue weighted by atomic mass is 16.5. The summed E-state index contributed by atoms with van der Waals surface area (Å²) in [5, 5.41) is 3.32. The second-order valence-electron chi connectivity index (χ2n) is 8.54. The molecule has 0 aromatic heterocycles. The van der Waals surface area contributed by atoms with Gasteiger partial charge in [0.25, 0.3) is 5.91 Å². The number of nitrogens with zero attached hydrogens (tertiary/aromatic N) is 2. The number of nitrogens with one attached hydrogen (secondary N) is 1. The number of anilines is 3. The van der Waals surface area contributed by atoms with Crippen LogP contribution in [0.15, 0.2) is 54.6 Å². The molecule has 0 radical (unpaired) electrons. The molecule has 176 valence electrons. The molecule has 0 spiro atoms. The molecule has 7 nitrogen and oxygen atoms in total. The van der Waals surface area contributed by atoms with E-state index in [1.165, 1.54) is 0 Å². The first-order valence-electron chi connectivity index (χ1n) is 11.6. The molecule has 1 atom stereocenters. The number of carbonyl (C=O) groups is 3. The highest BCUT2D eigenvalue weighted by Gasteiger charge is 2.30. The van der Waals surface area contributed by atoms with E-state index in [4.69, 9.17) is 4.74 Å². The van der Waals surface area contributed by atoms with Crippen LogP contribution in [-0.4, -0.2) is 48.4 Å². The molecule has 1 aliphatic rings. The second-order valence-corrected chi connectivity index (χ2v) is 8.54. The molecule has 1 unspecified atom stereocenters. The smallest absolute Gasteiger partial charge is 0.311 e. The lowest BCUT2D eigenvalue weighted by Crippen LogP contribution is -2.44. The third kappa shape index (κ3) is 6.57. The number of piperidine rings is 1. The Morgan fingerprint density at radius 3 is 2.36 bits per heavy atom. The lowest BCUT2D eigenvalue weighted by Gasteiger charge is -2.31. The van der Waals surface area contributed by atoms with Crippen molar-refractivity contribution >= 4 is 34.8 Å². The number of hydrogen-bond acceptors (Lipinski definition) is 5. The van der Waals surface area contributed by atoms with Crippen LogP contribution < -0.4 is 10.2 Å². The summed E-state index contributed by atoms with van der Waals surface area (Å²) in [6.07, 6.45) is 1.86. The normalized spacial score (nSPS) is 15.8. The van der Waals surface area contributed by atoms with Gasteiger partial charge in [0.05, 0.1) is 5.92 Å². The molecule has 0 aliphatic carbocycles. The summed E-state index contributed by atoms with van der Waals surface area (Å²) in [7, 11) is 0. The van der Waals surface area contributed by atoms with Crippen molar-refractivity contribution in [2.45, 2.75) is 46.1 Å². The van der Waals surface area contributed by atoms with Crippen molar-refractivity contribution in [1.29, 1.82) is 0 Å². The zero-order valence-electron chi connectivity index (χ0n) is 19.6. The topological polar surface area (TPSA) is 79.0 Å². The van der Waals surface area contributed by atoms with Gasteiger partial charge < -0.3 is 19.9 Å². The van der Waals surface area contributed by atoms with Gasteiger partial charge in [-0.25, -0.2) is 0 Å². The third-order valence-electron chi connectivity index (χ3n) is 5.74.